The summed E-state index contributed by atoms with van der Waals surface area (Å²) >= 11 is 0. The molecule has 21 heavy (non-hydrogen) atoms. The average Bonchev–Trinajstić information content (AvgIpc) is 2.51. The average molecular weight is 296 g/mol. The van der Waals surface area contributed by atoms with Gasteiger partial charge in [0.25, 0.3) is 5.56 Å². The maximum atomic E-state index is 11.2. The molecule has 0 spiro atoms. The Morgan fingerprint density at radius 1 is 1.43 bits per heavy atom. The first-order chi connectivity index (χ1) is 10.0. The van der Waals surface area contributed by atoms with Crippen molar-refractivity contribution in [3.8, 4) is 0 Å². The minimum atomic E-state index is -0.0576. The van der Waals surface area contributed by atoms with E-state index in [9.17, 15) is 4.79 Å². The van der Waals surface area contributed by atoms with Crippen LogP contribution in [0.3, 0.4) is 0 Å². The van der Waals surface area contributed by atoms with E-state index < -0.39 is 0 Å². The van der Waals surface area contributed by atoms with Crippen molar-refractivity contribution in [3.63, 3.8) is 0 Å². The lowest BCUT2D eigenvalue weighted by molar-refractivity contribution is -0.0231. The van der Waals surface area contributed by atoms with Crippen LogP contribution < -0.4 is 10.9 Å². The van der Waals surface area contributed by atoms with Gasteiger partial charge in [-0.3, -0.25) is 4.79 Å². The number of H-pyrrole nitrogens is 1. The number of methoxy groups -OCH3 is 1. The highest BCUT2D eigenvalue weighted by Gasteiger charge is 2.25. The monoisotopic (exact) mass is 296 g/mol. The van der Waals surface area contributed by atoms with Gasteiger partial charge < -0.3 is 15.0 Å². The Balaban J connectivity index is 0.000000397. The van der Waals surface area contributed by atoms with E-state index in [1.165, 1.54) is 32.1 Å². The molecule has 1 aromatic rings. The van der Waals surface area contributed by atoms with Crippen molar-refractivity contribution in [1.29, 1.82) is 0 Å². The van der Waals surface area contributed by atoms with Gasteiger partial charge in [0.05, 0.1) is 5.60 Å². The molecule has 4 heteroatoms. The summed E-state index contributed by atoms with van der Waals surface area (Å²) in [7, 11) is 1.82. The largest absolute Gasteiger partial charge is 0.379 e. The summed E-state index contributed by atoms with van der Waals surface area (Å²) in [5, 5.41) is 3.12. The molecule has 0 bridgehead atoms. The maximum absolute atomic E-state index is 11.2. The van der Waals surface area contributed by atoms with E-state index >= 15 is 0 Å². The van der Waals surface area contributed by atoms with E-state index in [-0.39, 0.29) is 12.6 Å². The summed E-state index contributed by atoms with van der Waals surface area (Å²) in [5.41, 5.74) is 0.808. The maximum Gasteiger partial charge on any atom is 0.271 e. The van der Waals surface area contributed by atoms with E-state index in [1.807, 2.05) is 20.1 Å². The molecule has 4 nitrogen and oxygen atoms in total. The van der Waals surface area contributed by atoms with Gasteiger partial charge in [0.2, 0.25) is 0 Å². The summed E-state index contributed by atoms with van der Waals surface area (Å²) < 4.78 is 5.38. The zero-order valence-corrected chi connectivity index (χ0v) is 13.9. The first-order valence-electron chi connectivity index (χ1n) is 8.00. The first-order valence-corrected chi connectivity index (χ1v) is 8.00. The molecule has 0 saturated heterocycles. The van der Waals surface area contributed by atoms with Crippen LogP contribution in [0.15, 0.2) is 23.1 Å². The smallest absolute Gasteiger partial charge is 0.271 e. The highest BCUT2D eigenvalue weighted by molar-refractivity contribution is 5.40. The molecule has 2 rings (SSSR count). The van der Waals surface area contributed by atoms with Crippen molar-refractivity contribution in [1.82, 2.24) is 4.98 Å². The predicted molar refractivity (Wildman–Crippen MR) is 91.1 cm³/mol. The first kappa shape index (κ1) is 17.8. The van der Waals surface area contributed by atoms with Gasteiger partial charge >= 0.3 is 0 Å². The zero-order chi connectivity index (χ0) is 15.7. The molecule has 1 heterocycles. The molecule has 2 N–H and O–H groups in total. The van der Waals surface area contributed by atoms with Gasteiger partial charge in [-0.1, -0.05) is 26.2 Å². The lowest BCUT2D eigenvalue weighted by atomic mass is 9.86. The van der Waals surface area contributed by atoms with Crippen molar-refractivity contribution in [2.24, 2.45) is 0 Å². The van der Waals surface area contributed by atoms with Crippen molar-refractivity contribution in [2.45, 2.75) is 70.9 Å². The van der Waals surface area contributed by atoms with Gasteiger partial charge in [0, 0.05) is 20.8 Å². The van der Waals surface area contributed by atoms with Crippen molar-refractivity contribution >= 4 is 5.69 Å². The molecule has 1 aromatic heterocycles. The van der Waals surface area contributed by atoms with Crippen molar-refractivity contribution in [3.05, 3.63) is 28.7 Å². The number of hydrogen-bond donors (Lipinski definition) is 2. The van der Waals surface area contributed by atoms with E-state index in [4.69, 9.17) is 4.74 Å². The number of aromatic nitrogens is 1. The van der Waals surface area contributed by atoms with Gasteiger partial charge in [0.1, 0.15) is 5.69 Å². The van der Waals surface area contributed by atoms with Crippen LogP contribution in [0.2, 0.25) is 0 Å². The molecule has 1 fully saturated rings. The standard InChI is InChI=1S/C9H14N2O.C8H16O.H2/c1-3-7(2)11-8-5-4-6-10-9(8)12;1-8(9-2)6-4-3-5-7-8;/h4-7,11H,3H2,1-2H3,(H,10,12);3-7H2,1-2H3;1H. The Morgan fingerprint density at radius 3 is 2.57 bits per heavy atom. The van der Waals surface area contributed by atoms with E-state index in [2.05, 4.69) is 24.1 Å². The Kier molecular flexibility index (Phi) is 7.51. The Labute approximate surface area is 129 Å². The summed E-state index contributed by atoms with van der Waals surface area (Å²) in [6, 6.07) is 3.94. The van der Waals surface area contributed by atoms with E-state index in [0.717, 1.165) is 6.42 Å². The lowest BCUT2D eigenvalue weighted by Gasteiger charge is -2.31. The third-order valence-electron chi connectivity index (χ3n) is 4.24. The van der Waals surface area contributed by atoms with Gasteiger partial charge in [-0.25, -0.2) is 0 Å². The number of ether oxygens (including phenoxy) is 1. The summed E-state index contributed by atoms with van der Waals surface area (Å²) in [5.74, 6) is 0. The summed E-state index contributed by atoms with van der Waals surface area (Å²) in [6.07, 6.45) is 9.25. The van der Waals surface area contributed by atoms with Crippen LogP contribution in [0.5, 0.6) is 0 Å². The molecule has 0 aliphatic heterocycles. The second-order valence-electron chi connectivity index (χ2n) is 6.08. The SMILES string of the molecule is CCC(C)Nc1ccc[nH]c1=O.COC1(C)CCCCC1.[HH]. The van der Waals surface area contributed by atoms with E-state index in [0.29, 0.717) is 11.7 Å². The third kappa shape index (κ3) is 6.34. The number of aromatic amines is 1. The molecule has 1 aliphatic rings. The van der Waals surface area contributed by atoms with Crippen LogP contribution in [-0.2, 0) is 4.74 Å². The second kappa shape index (κ2) is 8.88. The van der Waals surface area contributed by atoms with Crippen molar-refractivity contribution < 1.29 is 6.16 Å². The quantitative estimate of drug-likeness (QED) is 0.876. The predicted octanol–water partition coefficient (Wildman–Crippen LogP) is 4.19. The molecular formula is C17H32N2O2. The van der Waals surface area contributed by atoms with Crippen LogP contribution >= 0.6 is 0 Å². The van der Waals surface area contributed by atoms with Crippen LogP contribution in [0.25, 0.3) is 0 Å². The minimum Gasteiger partial charge on any atom is -0.379 e. The molecule has 0 aromatic carbocycles. The van der Waals surface area contributed by atoms with Gasteiger partial charge in [-0.15, -0.1) is 0 Å². The van der Waals surface area contributed by atoms with Gasteiger partial charge in [0.15, 0.2) is 0 Å². The van der Waals surface area contributed by atoms with Gasteiger partial charge in [-0.05, 0) is 45.2 Å². The Bertz CT molecular complexity index is 456. The molecule has 122 valence electrons. The topological polar surface area (TPSA) is 54.1 Å². The van der Waals surface area contributed by atoms with Crippen molar-refractivity contribution in [2.75, 3.05) is 12.4 Å². The van der Waals surface area contributed by atoms with Crippen LogP contribution in [0.1, 0.15) is 60.7 Å². The third-order valence-corrected chi connectivity index (χ3v) is 4.24. The summed E-state index contributed by atoms with van der Waals surface area (Å²) in [4.78, 5) is 13.8. The molecule has 1 unspecified atom stereocenters. The zero-order valence-electron chi connectivity index (χ0n) is 13.9. The Hall–Kier alpha value is -1.29. The fraction of sp³-hybridized carbons (Fsp3) is 0.706. The lowest BCUT2D eigenvalue weighted by Crippen LogP contribution is -2.29. The fourth-order valence-electron chi connectivity index (χ4n) is 2.41. The number of hydrogen-bond acceptors (Lipinski definition) is 3. The molecule has 1 aliphatic carbocycles. The molecular weight excluding hydrogens is 264 g/mol. The number of pyridine rings is 1. The van der Waals surface area contributed by atoms with Crippen LogP contribution in [0.4, 0.5) is 5.69 Å². The number of rotatable bonds is 4. The number of anilines is 1. The number of nitrogens with one attached hydrogen (secondary N) is 2. The fourth-order valence-corrected chi connectivity index (χ4v) is 2.41. The second-order valence-corrected chi connectivity index (χ2v) is 6.08. The van der Waals surface area contributed by atoms with E-state index in [1.54, 1.807) is 12.3 Å². The minimum absolute atomic E-state index is 0. The summed E-state index contributed by atoms with van der Waals surface area (Å²) in [6.45, 7) is 6.34. The highest BCUT2D eigenvalue weighted by atomic mass is 16.5. The Morgan fingerprint density at radius 2 is 2.10 bits per heavy atom. The molecule has 0 radical (unpaired) electrons. The molecule has 1 atom stereocenters. The molecule has 0 amide bonds. The normalized spacial score (nSPS) is 18.3. The van der Waals surface area contributed by atoms with Crippen LogP contribution in [0, 0.1) is 0 Å². The van der Waals surface area contributed by atoms with Gasteiger partial charge in [-0.2, -0.15) is 0 Å². The van der Waals surface area contributed by atoms with Crippen LogP contribution in [-0.4, -0.2) is 23.7 Å². The highest BCUT2D eigenvalue weighted by Crippen LogP contribution is 2.29. The molecule has 1 saturated carbocycles.